The number of nitrogens with one attached hydrogen (secondary N) is 4. The molecule has 3 atom stereocenters. The second-order valence-corrected chi connectivity index (χ2v) is 24.1. The molecule has 3 aliphatic heterocycles. The predicted octanol–water partition coefficient (Wildman–Crippen LogP) is 4.61. The molecule has 7 aromatic rings. The third-order valence-electron chi connectivity index (χ3n) is 15.6. The van der Waals surface area contributed by atoms with Crippen LogP contribution >= 0.6 is 0 Å². The first-order valence-electron chi connectivity index (χ1n) is 28.9. The number of benzene rings is 6. The van der Waals surface area contributed by atoms with Gasteiger partial charge >= 0.3 is 0 Å². The molecule has 0 saturated heterocycles. The summed E-state index contributed by atoms with van der Waals surface area (Å²) in [4.78, 5) is 46.4. The number of amides is 3. The summed E-state index contributed by atoms with van der Waals surface area (Å²) in [6.07, 6.45) is 2.00. The normalized spacial score (nSPS) is 15.6. The van der Waals surface area contributed by atoms with Gasteiger partial charge in [0.1, 0.15) is 5.75 Å². The lowest BCUT2D eigenvalue weighted by atomic mass is 10.00. The Bertz CT molecular complexity index is 3520. The van der Waals surface area contributed by atoms with Gasteiger partial charge < -0.3 is 36.0 Å². The summed E-state index contributed by atoms with van der Waals surface area (Å²) in [5.74, 6) is -1.41. The smallest absolute Gasteiger partial charge is 0.258 e. The van der Waals surface area contributed by atoms with E-state index in [0.29, 0.717) is 55.1 Å². The first-order chi connectivity index (χ1) is 40.7. The number of ether oxygens (including phenoxy) is 1. The molecule has 4 heterocycles. The first kappa shape index (κ1) is 59.4. The molecule has 0 spiro atoms. The number of aliphatic hydroxyl groups is 3. The van der Waals surface area contributed by atoms with E-state index in [4.69, 9.17) is 4.74 Å². The SMILES string of the molecule is O=C(COc1ccccc1NS(=O)(=O)Cc1cc(CC(=O)NCC(O)CN2CCc3ccccc3C2)cc(-c2ccnn2Cc2cccc(CC(=O)NC[C@H](O)CN3CCc4ccccc4C3)c2)c1)NCC(O)CN1CCc2ccccc2C1. The maximum atomic E-state index is 14.2. The molecule has 18 nitrogen and oxygen atoms in total. The van der Waals surface area contributed by atoms with E-state index in [1.54, 1.807) is 41.2 Å². The first-order valence-corrected chi connectivity index (χ1v) is 30.5. The molecule has 0 bridgehead atoms. The van der Waals surface area contributed by atoms with E-state index < -0.39 is 46.6 Å². The minimum absolute atomic E-state index is 0.0194. The van der Waals surface area contributed by atoms with E-state index in [2.05, 4.69) is 76.9 Å². The lowest BCUT2D eigenvalue weighted by Crippen LogP contribution is -2.42. The Balaban J connectivity index is 0.775. The van der Waals surface area contributed by atoms with Crippen LogP contribution in [0.2, 0.25) is 0 Å². The topological polar surface area (TPSA) is 231 Å². The second kappa shape index (κ2) is 28.2. The summed E-state index contributed by atoms with van der Waals surface area (Å²) < 4.78 is 38.6. The molecule has 3 aliphatic rings. The lowest BCUT2D eigenvalue weighted by Gasteiger charge is -2.30. The summed E-state index contributed by atoms with van der Waals surface area (Å²) >= 11 is 0. The van der Waals surface area contributed by atoms with E-state index in [9.17, 15) is 38.1 Å². The molecular weight excluding hydrogens is 1080 g/mol. The van der Waals surface area contributed by atoms with Crippen molar-refractivity contribution in [2.24, 2.45) is 0 Å². The average Bonchev–Trinajstić information content (AvgIpc) is 4.15. The van der Waals surface area contributed by atoms with Crippen molar-refractivity contribution in [2.75, 3.05) is 70.2 Å². The maximum Gasteiger partial charge on any atom is 0.258 e. The number of carbonyl (C=O) groups is 3. The van der Waals surface area contributed by atoms with Crippen molar-refractivity contribution >= 4 is 33.4 Å². The number of nitrogens with zero attached hydrogens (tertiary/aromatic N) is 5. The van der Waals surface area contributed by atoms with Crippen LogP contribution in [0.25, 0.3) is 11.3 Å². The van der Waals surface area contributed by atoms with Crippen molar-refractivity contribution < 1.29 is 42.9 Å². The Kier molecular flexibility index (Phi) is 20.0. The zero-order valence-electron chi connectivity index (χ0n) is 47.2. The summed E-state index contributed by atoms with van der Waals surface area (Å²) in [6, 6.07) is 46.0. The highest BCUT2D eigenvalue weighted by molar-refractivity contribution is 7.91. The Morgan fingerprint density at radius 2 is 0.988 bits per heavy atom. The Morgan fingerprint density at radius 3 is 1.55 bits per heavy atom. The van der Waals surface area contributed by atoms with E-state index in [1.165, 1.54) is 39.4 Å². The van der Waals surface area contributed by atoms with Crippen LogP contribution in [0.1, 0.15) is 55.6 Å². The minimum Gasteiger partial charge on any atom is -0.482 e. The molecule has 0 radical (unpaired) electrons. The van der Waals surface area contributed by atoms with E-state index in [1.807, 2.05) is 72.8 Å². The van der Waals surface area contributed by atoms with Gasteiger partial charge in [0.15, 0.2) is 6.61 Å². The van der Waals surface area contributed by atoms with Crippen molar-refractivity contribution in [3.63, 3.8) is 0 Å². The molecule has 0 aliphatic carbocycles. The quantitative estimate of drug-likeness (QED) is 0.0394. The number of carbonyl (C=O) groups excluding carboxylic acids is 3. The molecule has 0 saturated carbocycles. The van der Waals surface area contributed by atoms with Crippen LogP contribution in [0.5, 0.6) is 5.75 Å². The lowest BCUT2D eigenvalue weighted by molar-refractivity contribution is -0.123. The number of aliphatic hydroxyl groups excluding tert-OH is 3. The number of aromatic nitrogens is 2. The number of sulfonamides is 1. The molecule has 3 amide bonds. The van der Waals surface area contributed by atoms with E-state index in [-0.39, 0.29) is 55.7 Å². The highest BCUT2D eigenvalue weighted by atomic mass is 32.2. The Labute approximate surface area is 491 Å². The summed E-state index contributed by atoms with van der Waals surface area (Å²) in [6.45, 7) is 5.96. The molecular formula is C65H75N9O9S. The zero-order chi connectivity index (χ0) is 58.4. The zero-order valence-corrected chi connectivity index (χ0v) is 48.1. The van der Waals surface area contributed by atoms with Gasteiger partial charge in [-0.3, -0.25) is 38.5 Å². The van der Waals surface area contributed by atoms with Gasteiger partial charge in [0, 0.05) is 90.3 Å². The maximum absolute atomic E-state index is 14.2. The van der Waals surface area contributed by atoms with Gasteiger partial charge in [0.2, 0.25) is 21.8 Å². The van der Waals surface area contributed by atoms with Crippen LogP contribution in [0, 0.1) is 0 Å². The van der Waals surface area contributed by atoms with Gasteiger partial charge in [0.25, 0.3) is 5.91 Å². The van der Waals surface area contributed by atoms with Crippen LogP contribution in [0.15, 0.2) is 152 Å². The van der Waals surface area contributed by atoms with Crippen molar-refractivity contribution in [1.29, 1.82) is 0 Å². The summed E-state index contributed by atoms with van der Waals surface area (Å²) in [5.41, 5.74) is 11.6. The fraction of sp³-hybridized carbons (Fsp3) is 0.354. The molecule has 440 valence electrons. The van der Waals surface area contributed by atoms with Crippen LogP contribution in [0.4, 0.5) is 5.69 Å². The summed E-state index contributed by atoms with van der Waals surface area (Å²) in [5, 5.41) is 45.8. The number of fused-ring (bicyclic) bond motifs is 3. The highest BCUT2D eigenvalue weighted by Crippen LogP contribution is 2.29. The van der Waals surface area contributed by atoms with Gasteiger partial charge in [-0.05, 0) is 105 Å². The number of hydrogen-bond acceptors (Lipinski definition) is 13. The highest BCUT2D eigenvalue weighted by Gasteiger charge is 2.24. The van der Waals surface area contributed by atoms with Crippen molar-refractivity contribution in [2.45, 2.75) is 82.3 Å². The minimum atomic E-state index is -4.16. The van der Waals surface area contributed by atoms with Gasteiger partial charge in [-0.1, -0.05) is 115 Å². The molecule has 2 unspecified atom stereocenters. The standard InChI is InChI=1S/C65H75N9O9S/c75-57(41-71-25-21-50-12-1-4-15-53(50)38-71)34-66-63(78)32-46-10-9-11-47(28-46)37-74-61(20-24-69-74)56-30-48(33-64(79)67-35-58(76)42-72-26-22-51-13-2-5-16-54(51)39-72)29-49(31-56)45-84(81,82)70-60-18-7-8-19-62(60)83-44-65(80)68-36-59(77)43-73-27-23-52-14-3-6-17-55(52)40-73/h1-20,24,28-31,57-59,70,75-77H,21-23,25-27,32-45H2,(H,66,78)(H,67,79)(H,68,80)/t57-,58?,59?/m0/s1. The number of hydrogen-bond donors (Lipinski definition) is 7. The van der Waals surface area contributed by atoms with E-state index in [0.717, 1.165) is 63.1 Å². The molecule has 1 aromatic heterocycles. The predicted molar refractivity (Wildman–Crippen MR) is 322 cm³/mol. The molecule has 7 N–H and O–H groups in total. The number of rotatable bonds is 26. The van der Waals surface area contributed by atoms with Crippen LogP contribution in [-0.2, 0) is 88.4 Å². The average molecular weight is 1160 g/mol. The van der Waals surface area contributed by atoms with E-state index >= 15 is 0 Å². The molecule has 84 heavy (non-hydrogen) atoms. The number of β-amino-alcohol motifs (C(OH)–C–C–N with tert-alkyl or cyclic N) is 3. The number of anilines is 1. The van der Waals surface area contributed by atoms with Crippen LogP contribution in [-0.4, -0.2) is 150 Å². The largest absolute Gasteiger partial charge is 0.482 e. The fourth-order valence-corrected chi connectivity index (χ4v) is 12.7. The monoisotopic (exact) mass is 1160 g/mol. The summed E-state index contributed by atoms with van der Waals surface area (Å²) in [7, 11) is -4.16. The van der Waals surface area contributed by atoms with Crippen molar-refractivity contribution in [3.05, 3.63) is 207 Å². The Hall–Kier alpha value is -7.75. The fourth-order valence-electron chi connectivity index (χ4n) is 11.5. The second-order valence-electron chi connectivity index (χ2n) is 22.4. The third-order valence-corrected chi connectivity index (χ3v) is 16.9. The van der Waals surface area contributed by atoms with Gasteiger partial charge in [-0.25, -0.2) is 8.42 Å². The van der Waals surface area contributed by atoms with Gasteiger partial charge in [-0.15, -0.1) is 0 Å². The molecule has 6 aromatic carbocycles. The molecule has 19 heteroatoms. The Morgan fingerprint density at radius 1 is 0.524 bits per heavy atom. The number of para-hydroxylation sites is 2. The van der Waals surface area contributed by atoms with Crippen molar-refractivity contribution in [3.8, 4) is 17.0 Å². The molecule has 10 rings (SSSR count). The van der Waals surface area contributed by atoms with Gasteiger partial charge in [0.05, 0.1) is 54.8 Å². The third kappa shape index (κ3) is 17.0. The molecule has 0 fully saturated rings. The van der Waals surface area contributed by atoms with Crippen molar-refractivity contribution in [1.82, 2.24) is 40.4 Å². The van der Waals surface area contributed by atoms with Gasteiger partial charge in [-0.2, -0.15) is 5.10 Å². The van der Waals surface area contributed by atoms with Crippen LogP contribution in [0.3, 0.4) is 0 Å². The van der Waals surface area contributed by atoms with Crippen LogP contribution < -0.4 is 25.4 Å².